The predicted molar refractivity (Wildman–Crippen MR) is 216 cm³/mol. The van der Waals surface area contributed by atoms with Crippen LogP contribution in [-0.2, 0) is 6.54 Å². The third kappa shape index (κ3) is 4.61. The average molecular weight is 653 g/mol. The molecule has 0 amide bonds. The van der Waals surface area contributed by atoms with E-state index in [-0.39, 0.29) is 0 Å². The summed E-state index contributed by atoms with van der Waals surface area (Å²) in [7, 11) is 0. The van der Waals surface area contributed by atoms with Crippen LogP contribution in [0.25, 0.3) is 76.7 Å². The van der Waals surface area contributed by atoms with Crippen LogP contribution in [0.2, 0.25) is 0 Å². The van der Waals surface area contributed by atoms with Crippen LogP contribution in [0.5, 0.6) is 0 Å². The number of nitrogens with zero attached hydrogens (tertiary/aromatic N) is 4. The number of rotatable bonds is 5. The number of benzene rings is 7. The highest BCUT2D eigenvalue weighted by molar-refractivity contribution is 6.25. The summed E-state index contributed by atoms with van der Waals surface area (Å²) in [5.41, 5.74) is 11.6. The van der Waals surface area contributed by atoms with Crippen molar-refractivity contribution in [1.29, 1.82) is 0 Å². The second kappa shape index (κ2) is 11.7. The molecule has 7 aromatic carbocycles. The Bertz CT molecular complexity index is 3000. The zero-order chi connectivity index (χ0) is 33.9. The molecule has 3 heterocycles. The summed E-state index contributed by atoms with van der Waals surface area (Å²) < 4.78 is 4.94. The molecule has 10 aromatic rings. The molecule has 51 heavy (non-hydrogen) atoms. The first-order valence-corrected chi connectivity index (χ1v) is 17.3. The average Bonchev–Trinajstić information content (AvgIpc) is 3.76. The van der Waals surface area contributed by atoms with Crippen molar-refractivity contribution >= 4 is 72.5 Å². The van der Waals surface area contributed by atoms with Crippen molar-refractivity contribution in [2.45, 2.75) is 6.54 Å². The van der Waals surface area contributed by atoms with E-state index in [1.54, 1.807) is 0 Å². The fraction of sp³-hybridized carbons (Fsp3) is 0.0213. The maximum Gasteiger partial charge on any atom is 0.154 e. The van der Waals surface area contributed by atoms with Crippen LogP contribution in [0.1, 0.15) is 11.1 Å². The molecule has 0 aliphatic carbocycles. The van der Waals surface area contributed by atoms with Gasteiger partial charge in [-0.2, -0.15) is 0 Å². The summed E-state index contributed by atoms with van der Waals surface area (Å²) >= 11 is 0. The van der Waals surface area contributed by atoms with Crippen LogP contribution in [0.15, 0.2) is 180 Å². The van der Waals surface area contributed by atoms with E-state index in [0.717, 1.165) is 27.9 Å². The first kappa shape index (κ1) is 29.2. The molecule has 0 aliphatic rings. The number of hydrogen-bond donors (Lipinski definition) is 0. The van der Waals surface area contributed by atoms with Gasteiger partial charge in [-0.05, 0) is 65.2 Å². The molecule has 0 spiro atoms. The summed E-state index contributed by atoms with van der Waals surface area (Å²) in [6.07, 6.45) is 0. The summed E-state index contributed by atoms with van der Waals surface area (Å²) in [5.74, 6) is 0.655. The van der Waals surface area contributed by atoms with E-state index in [2.05, 4.69) is 160 Å². The SMILES string of the molecule is C=NC(=NCc1cccc(-c2ccc(-n3c4ccccc4c4ccc5c6ccccc6c6cc7ccccc7n6c5c43)cc2)c1)c1ccccc1. The van der Waals surface area contributed by atoms with Gasteiger partial charge in [-0.3, -0.25) is 4.99 Å². The van der Waals surface area contributed by atoms with Crippen molar-refractivity contribution < 1.29 is 0 Å². The number of aromatic nitrogens is 2. The van der Waals surface area contributed by atoms with E-state index in [1.807, 2.05) is 30.3 Å². The molecular weight excluding hydrogens is 621 g/mol. The second-order valence-corrected chi connectivity index (χ2v) is 13.1. The number of amidine groups is 1. The number of aliphatic imine (C=N–C) groups is 2. The van der Waals surface area contributed by atoms with Crippen LogP contribution in [0, 0.1) is 0 Å². The van der Waals surface area contributed by atoms with Gasteiger partial charge < -0.3 is 8.97 Å². The minimum Gasteiger partial charge on any atom is -0.307 e. The largest absolute Gasteiger partial charge is 0.307 e. The first-order chi connectivity index (χ1) is 25.3. The molecule has 0 N–H and O–H groups in total. The zero-order valence-corrected chi connectivity index (χ0v) is 27.9. The molecule has 0 bridgehead atoms. The lowest BCUT2D eigenvalue weighted by molar-refractivity contribution is 1.06. The van der Waals surface area contributed by atoms with Gasteiger partial charge in [0.25, 0.3) is 0 Å². The van der Waals surface area contributed by atoms with Crippen molar-refractivity contribution in [3.63, 3.8) is 0 Å². The van der Waals surface area contributed by atoms with Gasteiger partial charge in [-0.25, -0.2) is 4.99 Å². The lowest BCUT2D eigenvalue weighted by Gasteiger charge is -2.15. The van der Waals surface area contributed by atoms with Crippen molar-refractivity contribution in [3.8, 4) is 16.8 Å². The van der Waals surface area contributed by atoms with Gasteiger partial charge >= 0.3 is 0 Å². The number of hydrogen-bond acceptors (Lipinski definition) is 1. The highest BCUT2D eigenvalue weighted by Crippen LogP contribution is 2.41. The van der Waals surface area contributed by atoms with E-state index >= 15 is 0 Å². The molecule has 0 radical (unpaired) electrons. The van der Waals surface area contributed by atoms with Crippen LogP contribution in [-0.4, -0.2) is 21.5 Å². The topological polar surface area (TPSA) is 34.1 Å². The molecule has 0 aliphatic heterocycles. The Kier molecular flexibility index (Phi) is 6.68. The summed E-state index contributed by atoms with van der Waals surface area (Å²) in [6, 6.07) is 60.9. The minimum absolute atomic E-state index is 0.529. The van der Waals surface area contributed by atoms with Gasteiger partial charge in [0.05, 0.1) is 34.1 Å². The zero-order valence-electron chi connectivity index (χ0n) is 27.9. The Hall–Kier alpha value is -6.78. The highest BCUT2D eigenvalue weighted by Gasteiger charge is 2.20. The summed E-state index contributed by atoms with van der Waals surface area (Å²) in [5, 5.41) is 7.50. The van der Waals surface area contributed by atoms with Gasteiger partial charge in [0.2, 0.25) is 0 Å². The van der Waals surface area contributed by atoms with Crippen molar-refractivity contribution in [3.05, 3.63) is 181 Å². The Morgan fingerprint density at radius 3 is 1.94 bits per heavy atom. The van der Waals surface area contributed by atoms with Gasteiger partial charge in [-0.15, -0.1) is 0 Å². The highest BCUT2D eigenvalue weighted by atomic mass is 15.0. The molecule has 0 fully saturated rings. The molecule has 4 nitrogen and oxygen atoms in total. The van der Waals surface area contributed by atoms with Crippen LogP contribution >= 0.6 is 0 Å². The first-order valence-electron chi connectivity index (χ1n) is 17.3. The molecule has 3 aromatic heterocycles. The third-order valence-electron chi connectivity index (χ3n) is 10.2. The number of fused-ring (bicyclic) bond motifs is 12. The Balaban J connectivity index is 1.15. The lowest BCUT2D eigenvalue weighted by atomic mass is 10.0. The van der Waals surface area contributed by atoms with Gasteiger partial charge in [0, 0.05) is 38.2 Å². The van der Waals surface area contributed by atoms with Crippen LogP contribution in [0.4, 0.5) is 0 Å². The summed E-state index contributed by atoms with van der Waals surface area (Å²) in [6.45, 7) is 4.28. The Morgan fingerprint density at radius 2 is 1.16 bits per heavy atom. The van der Waals surface area contributed by atoms with E-state index in [1.165, 1.54) is 59.9 Å². The van der Waals surface area contributed by atoms with Crippen LogP contribution < -0.4 is 0 Å². The molecular formula is C47H32N4. The van der Waals surface area contributed by atoms with E-state index < -0.39 is 0 Å². The maximum absolute atomic E-state index is 4.79. The molecule has 0 saturated carbocycles. The normalized spacial score (nSPS) is 12.2. The molecule has 4 heteroatoms. The molecule has 0 saturated heterocycles. The monoisotopic (exact) mass is 652 g/mol. The van der Waals surface area contributed by atoms with Crippen molar-refractivity contribution in [2.75, 3.05) is 0 Å². The fourth-order valence-corrected chi connectivity index (χ4v) is 7.93. The lowest BCUT2D eigenvalue weighted by Crippen LogP contribution is -1.98. The van der Waals surface area contributed by atoms with E-state index in [4.69, 9.17) is 4.99 Å². The van der Waals surface area contributed by atoms with Crippen molar-refractivity contribution in [2.24, 2.45) is 9.98 Å². The standard InChI is InChI=1S/C47H32N4/c1-48-47(33-13-3-2-4-14-33)49-30-31-12-11-16-34(28-31)32-22-24-36(25-23-32)50-43-21-10-8-19-39(43)41-27-26-40-37-17-6-7-18-38(37)44-29-35-15-5-9-20-42(35)51(44)46(40)45(41)50/h2-29H,1,30H2. The quantitative estimate of drug-likeness (QED) is 0.101. The maximum atomic E-state index is 4.79. The Morgan fingerprint density at radius 1 is 0.490 bits per heavy atom. The molecule has 0 atom stereocenters. The summed E-state index contributed by atoms with van der Waals surface area (Å²) in [4.78, 5) is 8.98. The van der Waals surface area contributed by atoms with Gasteiger partial charge in [-0.1, -0.05) is 133 Å². The third-order valence-corrected chi connectivity index (χ3v) is 10.2. The molecule has 10 rings (SSSR count). The second-order valence-electron chi connectivity index (χ2n) is 13.1. The van der Waals surface area contributed by atoms with Gasteiger partial charge in [0.1, 0.15) is 0 Å². The fourth-order valence-electron chi connectivity index (χ4n) is 7.93. The van der Waals surface area contributed by atoms with Gasteiger partial charge in [0.15, 0.2) is 5.84 Å². The number of para-hydroxylation sites is 2. The predicted octanol–water partition coefficient (Wildman–Crippen LogP) is 11.8. The number of pyridine rings is 1. The molecule has 240 valence electrons. The Labute approximate surface area is 294 Å². The smallest absolute Gasteiger partial charge is 0.154 e. The van der Waals surface area contributed by atoms with Crippen LogP contribution in [0.3, 0.4) is 0 Å². The van der Waals surface area contributed by atoms with E-state index in [9.17, 15) is 0 Å². The molecule has 0 unspecified atom stereocenters. The van der Waals surface area contributed by atoms with E-state index in [0.29, 0.717) is 12.4 Å². The van der Waals surface area contributed by atoms with Crippen molar-refractivity contribution in [1.82, 2.24) is 8.97 Å². The minimum atomic E-state index is 0.529.